The van der Waals surface area contributed by atoms with Gasteiger partial charge in [-0.3, -0.25) is 0 Å². The van der Waals surface area contributed by atoms with Gasteiger partial charge in [0.05, 0.1) is 5.02 Å². The first kappa shape index (κ1) is 16.9. The van der Waals surface area contributed by atoms with Crippen LogP contribution in [0, 0.1) is 0 Å². The molecule has 2 aromatic carbocycles. The molecule has 0 unspecified atom stereocenters. The minimum Gasteiger partial charge on any atom is -0.335 e. The maximum atomic E-state index is 6.20. The quantitative estimate of drug-likeness (QED) is 0.514. The fourth-order valence-corrected chi connectivity index (χ4v) is 3.26. The van der Waals surface area contributed by atoms with E-state index in [1.165, 1.54) is 16.4 Å². The van der Waals surface area contributed by atoms with Crippen LogP contribution in [0.4, 0.5) is 0 Å². The average molecular weight is 377 g/mol. The second-order valence-corrected chi connectivity index (χ2v) is 6.76. The molecule has 7 heteroatoms. The summed E-state index contributed by atoms with van der Waals surface area (Å²) in [6, 6.07) is 15.3. The van der Waals surface area contributed by atoms with Crippen molar-refractivity contribution in [3.8, 4) is 11.4 Å². The third kappa shape index (κ3) is 3.93. The number of nitrogens with two attached hydrogens (primary N) is 1. The van der Waals surface area contributed by atoms with Crippen molar-refractivity contribution in [1.82, 2.24) is 14.9 Å². The number of nitrogens with zero attached hydrogens (tertiary/aromatic N) is 3. The van der Waals surface area contributed by atoms with Crippen LogP contribution in [0.1, 0.15) is 5.56 Å². The Labute approximate surface area is 154 Å². The van der Waals surface area contributed by atoms with Gasteiger partial charge >= 0.3 is 0 Å². The monoisotopic (exact) mass is 376 g/mol. The Kier molecular flexibility index (Phi) is 5.45. The third-order valence-electron chi connectivity index (χ3n) is 3.26. The van der Waals surface area contributed by atoms with Gasteiger partial charge in [-0.25, -0.2) is 4.68 Å². The Hall–Kier alpha value is -1.95. The summed E-state index contributed by atoms with van der Waals surface area (Å²) < 4.78 is 1.44. The van der Waals surface area contributed by atoms with Crippen LogP contribution in [0.25, 0.3) is 17.5 Å². The Morgan fingerprint density at radius 3 is 2.62 bits per heavy atom. The highest BCUT2D eigenvalue weighted by molar-refractivity contribution is 7.99. The summed E-state index contributed by atoms with van der Waals surface area (Å²) in [4.78, 5) is 0. The predicted molar refractivity (Wildman–Crippen MR) is 102 cm³/mol. The van der Waals surface area contributed by atoms with Gasteiger partial charge in [-0.15, -0.1) is 10.2 Å². The van der Waals surface area contributed by atoms with Crippen molar-refractivity contribution in [2.24, 2.45) is 0 Å². The van der Waals surface area contributed by atoms with E-state index in [0.29, 0.717) is 26.6 Å². The van der Waals surface area contributed by atoms with Crippen molar-refractivity contribution in [2.45, 2.75) is 5.16 Å². The van der Waals surface area contributed by atoms with E-state index in [-0.39, 0.29) is 0 Å². The molecule has 2 N–H and O–H groups in total. The number of nitrogen functional groups attached to an aromatic ring is 1. The summed E-state index contributed by atoms with van der Waals surface area (Å²) in [5, 5.41) is 9.92. The highest BCUT2D eigenvalue weighted by Gasteiger charge is 2.14. The molecule has 0 aliphatic heterocycles. The van der Waals surface area contributed by atoms with E-state index in [9.17, 15) is 0 Å². The molecule has 0 aliphatic carbocycles. The van der Waals surface area contributed by atoms with Gasteiger partial charge in [0.2, 0.25) is 5.16 Å². The largest absolute Gasteiger partial charge is 0.335 e. The maximum Gasteiger partial charge on any atom is 0.210 e. The molecule has 0 fully saturated rings. The first-order valence-corrected chi connectivity index (χ1v) is 8.89. The molecule has 0 aliphatic rings. The smallest absolute Gasteiger partial charge is 0.210 e. The zero-order valence-electron chi connectivity index (χ0n) is 12.6. The van der Waals surface area contributed by atoms with E-state index < -0.39 is 0 Å². The fraction of sp³-hybridized carbons (Fsp3) is 0.0588. The number of benzene rings is 2. The summed E-state index contributed by atoms with van der Waals surface area (Å²) in [5.74, 6) is 7.33. The number of hydrogen-bond acceptors (Lipinski definition) is 4. The SMILES string of the molecule is Nn1c(SCC=Cc2ccccc2)nnc1-c1ccc(Cl)cc1Cl. The molecule has 0 atom stereocenters. The van der Waals surface area contributed by atoms with E-state index in [0.717, 1.165) is 11.3 Å². The summed E-state index contributed by atoms with van der Waals surface area (Å²) in [6.07, 6.45) is 4.12. The zero-order valence-corrected chi connectivity index (χ0v) is 14.9. The molecule has 4 nitrogen and oxygen atoms in total. The lowest BCUT2D eigenvalue weighted by molar-refractivity contribution is 0.851. The van der Waals surface area contributed by atoms with Gasteiger partial charge < -0.3 is 5.84 Å². The Balaban J connectivity index is 1.70. The lowest BCUT2D eigenvalue weighted by atomic mass is 10.2. The normalized spacial score (nSPS) is 11.2. The molecular weight excluding hydrogens is 363 g/mol. The van der Waals surface area contributed by atoms with Crippen LogP contribution >= 0.6 is 35.0 Å². The highest BCUT2D eigenvalue weighted by Crippen LogP contribution is 2.30. The third-order valence-corrected chi connectivity index (χ3v) is 4.70. The molecule has 1 heterocycles. The van der Waals surface area contributed by atoms with E-state index in [2.05, 4.69) is 22.3 Å². The molecule has 122 valence electrons. The average Bonchev–Trinajstić information content (AvgIpc) is 2.93. The summed E-state index contributed by atoms with van der Waals surface area (Å²) in [6.45, 7) is 0. The van der Waals surface area contributed by atoms with Gasteiger partial charge in [-0.05, 0) is 23.8 Å². The predicted octanol–water partition coefficient (Wildman–Crippen LogP) is 4.77. The van der Waals surface area contributed by atoms with Crippen molar-refractivity contribution >= 4 is 41.0 Å². The zero-order chi connectivity index (χ0) is 16.9. The number of hydrogen-bond donors (Lipinski definition) is 1. The lowest BCUT2D eigenvalue weighted by Gasteiger charge is -2.05. The first-order chi connectivity index (χ1) is 11.6. The minimum absolute atomic E-state index is 0.488. The number of halogens is 2. The molecule has 0 bridgehead atoms. The molecule has 0 saturated heterocycles. The number of aromatic nitrogens is 3. The van der Waals surface area contributed by atoms with Crippen LogP contribution in [0.5, 0.6) is 0 Å². The topological polar surface area (TPSA) is 56.7 Å². The molecule has 0 amide bonds. The number of rotatable bonds is 5. The van der Waals surface area contributed by atoms with Crippen LogP contribution in [0.3, 0.4) is 0 Å². The van der Waals surface area contributed by atoms with E-state index >= 15 is 0 Å². The minimum atomic E-state index is 0.488. The summed E-state index contributed by atoms with van der Waals surface area (Å²) >= 11 is 13.6. The van der Waals surface area contributed by atoms with Crippen LogP contribution < -0.4 is 5.84 Å². The lowest BCUT2D eigenvalue weighted by Crippen LogP contribution is -2.11. The highest BCUT2D eigenvalue weighted by atomic mass is 35.5. The van der Waals surface area contributed by atoms with Crippen molar-refractivity contribution in [3.63, 3.8) is 0 Å². The van der Waals surface area contributed by atoms with Crippen molar-refractivity contribution in [2.75, 3.05) is 11.6 Å². The van der Waals surface area contributed by atoms with Crippen LogP contribution in [-0.4, -0.2) is 20.6 Å². The standard InChI is InChI=1S/C17H14Cl2N4S/c18-13-8-9-14(15(19)11-13)16-21-22-17(23(16)20)24-10-4-7-12-5-2-1-3-6-12/h1-9,11H,10,20H2. The summed E-state index contributed by atoms with van der Waals surface area (Å²) in [7, 11) is 0. The van der Waals surface area contributed by atoms with Crippen LogP contribution in [0.2, 0.25) is 10.0 Å². The molecule has 24 heavy (non-hydrogen) atoms. The number of thioether (sulfide) groups is 1. The van der Waals surface area contributed by atoms with Crippen LogP contribution in [0.15, 0.2) is 59.8 Å². The Morgan fingerprint density at radius 2 is 1.88 bits per heavy atom. The molecular formula is C17H14Cl2N4S. The van der Waals surface area contributed by atoms with Crippen molar-refractivity contribution in [1.29, 1.82) is 0 Å². The van der Waals surface area contributed by atoms with Crippen molar-refractivity contribution < 1.29 is 0 Å². The Morgan fingerprint density at radius 1 is 1.08 bits per heavy atom. The van der Waals surface area contributed by atoms with Gasteiger partial charge in [-0.1, -0.05) is 77.4 Å². The molecule has 0 saturated carbocycles. The van der Waals surface area contributed by atoms with E-state index in [4.69, 9.17) is 29.0 Å². The van der Waals surface area contributed by atoms with E-state index in [1.807, 2.05) is 30.3 Å². The van der Waals surface area contributed by atoms with Gasteiger partial charge in [0.25, 0.3) is 0 Å². The van der Waals surface area contributed by atoms with Crippen molar-refractivity contribution in [3.05, 3.63) is 70.2 Å². The van der Waals surface area contributed by atoms with E-state index in [1.54, 1.807) is 18.2 Å². The second-order valence-electron chi connectivity index (χ2n) is 4.92. The molecule has 1 aromatic heterocycles. The molecule has 3 rings (SSSR count). The van der Waals surface area contributed by atoms with Gasteiger partial charge in [0, 0.05) is 16.3 Å². The molecule has 3 aromatic rings. The fourth-order valence-electron chi connectivity index (χ4n) is 2.10. The van der Waals surface area contributed by atoms with Gasteiger partial charge in [0.15, 0.2) is 5.82 Å². The molecule has 0 spiro atoms. The summed E-state index contributed by atoms with van der Waals surface area (Å²) in [5.41, 5.74) is 1.85. The Bertz CT molecular complexity index is 862. The maximum absolute atomic E-state index is 6.20. The first-order valence-electron chi connectivity index (χ1n) is 7.15. The van der Waals surface area contributed by atoms with Gasteiger partial charge in [-0.2, -0.15) is 0 Å². The van der Waals surface area contributed by atoms with Crippen LogP contribution in [-0.2, 0) is 0 Å². The molecule has 0 radical (unpaired) electrons. The second kappa shape index (κ2) is 7.75. The van der Waals surface area contributed by atoms with Gasteiger partial charge in [0.1, 0.15) is 0 Å².